The molecule has 3 rings (SSSR count). The molecule has 2 aromatic rings. The number of aryl methyl sites for hydroxylation is 1. The second-order valence-electron chi connectivity index (χ2n) is 5.85. The molecule has 1 heterocycles. The first-order chi connectivity index (χ1) is 12.5. The van der Waals surface area contributed by atoms with Crippen LogP contribution in [-0.4, -0.2) is 30.9 Å². The number of rotatable bonds is 5. The summed E-state index contributed by atoms with van der Waals surface area (Å²) < 4.78 is 10.4. The van der Waals surface area contributed by atoms with Crippen LogP contribution in [0.2, 0.25) is 0 Å². The highest BCUT2D eigenvalue weighted by Crippen LogP contribution is 2.32. The predicted octanol–water partition coefficient (Wildman–Crippen LogP) is 1.99. The lowest BCUT2D eigenvalue weighted by Gasteiger charge is -2.06. The van der Waals surface area contributed by atoms with E-state index < -0.39 is 5.91 Å². The molecule has 1 aliphatic heterocycles. The van der Waals surface area contributed by atoms with Crippen molar-refractivity contribution in [1.82, 2.24) is 10.7 Å². The van der Waals surface area contributed by atoms with Crippen LogP contribution in [0.3, 0.4) is 0 Å². The first-order valence-electron chi connectivity index (χ1n) is 8.11. The summed E-state index contributed by atoms with van der Waals surface area (Å²) in [5.74, 6) is 0.323. The van der Waals surface area contributed by atoms with Crippen LogP contribution < -0.4 is 20.2 Å². The van der Waals surface area contributed by atoms with Gasteiger partial charge in [-0.25, -0.2) is 5.43 Å². The quantitative estimate of drug-likeness (QED) is 0.635. The number of amides is 2. The molecule has 0 aliphatic carbocycles. The van der Waals surface area contributed by atoms with Gasteiger partial charge in [-0.1, -0.05) is 29.8 Å². The molecular weight excluding hydrogens is 334 g/mol. The maximum Gasteiger partial charge on any atom is 0.259 e. The third-order valence-corrected chi connectivity index (χ3v) is 3.86. The van der Waals surface area contributed by atoms with Crippen molar-refractivity contribution < 1.29 is 19.1 Å². The summed E-state index contributed by atoms with van der Waals surface area (Å²) in [6, 6.07) is 12.7. The molecule has 2 amide bonds. The molecule has 0 fully saturated rings. The van der Waals surface area contributed by atoms with Crippen LogP contribution in [-0.2, 0) is 4.79 Å². The highest BCUT2D eigenvalue weighted by atomic mass is 16.7. The summed E-state index contributed by atoms with van der Waals surface area (Å²) in [5.41, 5.74) is 5.57. The van der Waals surface area contributed by atoms with Crippen molar-refractivity contribution in [1.29, 1.82) is 0 Å². The second-order valence-corrected chi connectivity index (χ2v) is 5.85. The molecule has 2 N–H and O–H groups in total. The monoisotopic (exact) mass is 353 g/mol. The zero-order chi connectivity index (χ0) is 18.5. The van der Waals surface area contributed by atoms with E-state index in [1.54, 1.807) is 25.1 Å². The second kappa shape index (κ2) is 7.69. The SMILES string of the molecule is CC(=NNC(=O)CNC(=O)c1ccc2c(c1)OCO2)c1ccc(C)cc1. The molecule has 0 spiro atoms. The lowest BCUT2D eigenvalue weighted by molar-refractivity contribution is -0.120. The van der Waals surface area contributed by atoms with Gasteiger partial charge in [-0.3, -0.25) is 9.59 Å². The lowest BCUT2D eigenvalue weighted by atomic mass is 10.1. The molecule has 26 heavy (non-hydrogen) atoms. The Morgan fingerprint density at radius 2 is 1.73 bits per heavy atom. The van der Waals surface area contributed by atoms with Crippen LogP contribution >= 0.6 is 0 Å². The van der Waals surface area contributed by atoms with Crippen LogP contribution in [0.5, 0.6) is 11.5 Å². The number of hydrazone groups is 1. The van der Waals surface area contributed by atoms with Gasteiger partial charge in [0.15, 0.2) is 11.5 Å². The zero-order valence-electron chi connectivity index (χ0n) is 14.5. The van der Waals surface area contributed by atoms with Crippen molar-refractivity contribution in [3.05, 3.63) is 59.2 Å². The van der Waals surface area contributed by atoms with Gasteiger partial charge < -0.3 is 14.8 Å². The van der Waals surface area contributed by atoms with Crippen molar-refractivity contribution in [2.75, 3.05) is 13.3 Å². The number of nitrogens with one attached hydrogen (secondary N) is 2. The van der Waals surface area contributed by atoms with E-state index in [-0.39, 0.29) is 19.2 Å². The Balaban J connectivity index is 1.51. The first-order valence-corrected chi connectivity index (χ1v) is 8.11. The molecule has 0 atom stereocenters. The smallest absolute Gasteiger partial charge is 0.259 e. The maximum absolute atomic E-state index is 12.1. The Morgan fingerprint density at radius 1 is 1.04 bits per heavy atom. The minimum absolute atomic E-state index is 0.140. The van der Waals surface area contributed by atoms with E-state index in [9.17, 15) is 9.59 Å². The molecule has 1 aliphatic rings. The molecule has 0 aromatic heterocycles. The molecular formula is C19H19N3O4. The van der Waals surface area contributed by atoms with E-state index in [1.165, 1.54) is 0 Å². The number of carbonyl (C=O) groups excluding carboxylic acids is 2. The van der Waals surface area contributed by atoms with Crippen molar-refractivity contribution in [2.45, 2.75) is 13.8 Å². The summed E-state index contributed by atoms with van der Waals surface area (Å²) in [6.07, 6.45) is 0. The van der Waals surface area contributed by atoms with Gasteiger partial charge in [0.1, 0.15) is 0 Å². The largest absolute Gasteiger partial charge is 0.454 e. The summed E-state index contributed by atoms with van der Waals surface area (Å²) in [4.78, 5) is 24.0. The van der Waals surface area contributed by atoms with Crippen LogP contribution in [0.15, 0.2) is 47.6 Å². The number of benzene rings is 2. The Morgan fingerprint density at radius 3 is 2.50 bits per heavy atom. The van der Waals surface area contributed by atoms with Gasteiger partial charge in [0.2, 0.25) is 6.79 Å². The maximum atomic E-state index is 12.1. The van der Waals surface area contributed by atoms with E-state index in [1.807, 2.05) is 31.2 Å². The van der Waals surface area contributed by atoms with Gasteiger partial charge in [0, 0.05) is 5.56 Å². The van der Waals surface area contributed by atoms with Gasteiger partial charge in [-0.2, -0.15) is 5.10 Å². The fourth-order valence-corrected chi connectivity index (χ4v) is 2.35. The zero-order valence-corrected chi connectivity index (χ0v) is 14.5. The normalized spacial score (nSPS) is 12.6. The number of fused-ring (bicyclic) bond motifs is 1. The van der Waals surface area contributed by atoms with Crippen LogP contribution in [0.1, 0.15) is 28.4 Å². The summed E-state index contributed by atoms with van der Waals surface area (Å²) in [7, 11) is 0. The first kappa shape index (κ1) is 17.5. The molecule has 0 bridgehead atoms. The van der Waals surface area contributed by atoms with Crippen LogP contribution in [0.25, 0.3) is 0 Å². The Kier molecular flexibility index (Phi) is 5.17. The van der Waals surface area contributed by atoms with Crippen LogP contribution in [0, 0.1) is 6.92 Å². The molecule has 0 radical (unpaired) electrons. The number of carbonyl (C=O) groups is 2. The fraction of sp³-hybridized carbons (Fsp3) is 0.211. The summed E-state index contributed by atoms with van der Waals surface area (Å²) in [5, 5.41) is 6.60. The van der Waals surface area contributed by atoms with Gasteiger partial charge in [-0.15, -0.1) is 0 Å². The van der Waals surface area contributed by atoms with E-state index in [0.29, 0.717) is 22.8 Å². The number of hydrogen-bond acceptors (Lipinski definition) is 5. The van der Waals surface area contributed by atoms with E-state index in [0.717, 1.165) is 11.1 Å². The van der Waals surface area contributed by atoms with Crippen molar-refractivity contribution in [3.63, 3.8) is 0 Å². The van der Waals surface area contributed by atoms with Gasteiger partial charge >= 0.3 is 0 Å². The topological polar surface area (TPSA) is 89.0 Å². The Bertz CT molecular complexity index is 860. The Labute approximate surface area is 151 Å². The van der Waals surface area contributed by atoms with Crippen molar-refractivity contribution >= 4 is 17.5 Å². The van der Waals surface area contributed by atoms with E-state index >= 15 is 0 Å². The van der Waals surface area contributed by atoms with Crippen LogP contribution in [0.4, 0.5) is 0 Å². The average Bonchev–Trinajstić information content (AvgIpc) is 3.12. The number of ether oxygens (including phenoxy) is 2. The summed E-state index contributed by atoms with van der Waals surface area (Å²) >= 11 is 0. The Hall–Kier alpha value is -3.35. The van der Waals surface area contributed by atoms with E-state index in [2.05, 4.69) is 15.8 Å². The molecule has 0 unspecified atom stereocenters. The van der Waals surface area contributed by atoms with Gasteiger partial charge in [0.25, 0.3) is 11.8 Å². The third kappa shape index (κ3) is 4.18. The molecule has 0 saturated carbocycles. The van der Waals surface area contributed by atoms with Crippen molar-refractivity contribution in [3.8, 4) is 11.5 Å². The predicted molar refractivity (Wildman–Crippen MR) is 96.4 cm³/mol. The minimum Gasteiger partial charge on any atom is -0.454 e. The molecule has 2 aromatic carbocycles. The van der Waals surface area contributed by atoms with Gasteiger partial charge in [0.05, 0.1) is 12.3 Å². The third-order valence-electron chi connectivity index (χ3n) is 3.86. The highest BCUT2D eigenvalue weighted by Gasteiger charge is 2.16. The minimum atomic E-state index is -0.412. The molecule has 7 nitrogen and oxygen atoms in total. The standard InChI is InChI=1S/C19H19N3O4/c1-12-3-5-14(6-4-12)13(2)21-22-18(23)10-20-19(24)15-7-8-16-17(9-15)26-11-25-16/h3-9H,10-11H2,1-2H3,(H,20,24)(H,22,23). The average molecular weight is 353 g/mol. The molecule has 7 heteroatoms. The lowest BCUT2D eigenvalue weighted by Crippen LogP contribution is -2.35. The number of hydrogen-bond donors (Lipinski definition) is 2. The molecule has 0 saturated heterocycles. The van der Waals surface area contributed by atoms with E-state index in [4.69, 9.17) is 9.47 Å². The van der Waals surface area contributed by atoms with Crippen molar-refractivity contribution in [2.24, 2.45) is 5.10 Å². The number of nitrogens with zero attached hydrogens (tertiary/aromatic N) is 1. The fourth-order valence-electron chi connectivity index (χ4n) is 2.35. The van der Waals surface area contributed by atoms with Gasteiger partial charge in [-0.05, 0) is 37.6 Å². The summed E-state index contributed by atoms with van der Waals surface area (Å²) in [6.45, 7) is 3.76. The molecule has 134 valence electrons. The highest BCUT2D eigenvalue weighted by molar-refractivity contribution is 6.00.